The lowest BCUT2D eigenvalue weighted by molar-refractivity contribution is -0.326. The van der Waals surface area contributed by atoms with Gasteiger partial charge in [-0.15, -0.1) is 13.2 Å². The number of rotatable bonds is 4. The number of hydrogen-bond donors (Lipinski definition) is 2. The Labute approximate surface area is 119 Å². The monoisotopic (exact) mass is 301 g/mol. The molecule has 0 saturated heterocycles. The Bertz CT molecular complexity index is 558. The van der Waals surface area contributed by atoms with Gasteiger partial charge in [0.1, 0.15) is 5.82 Å². The third kappa shape index (κ3) is 4.45. The van der Waals surface area contributed by atoms with E-state index in [0.717, 1.165) is 5.56 Å². The van der Waals surface area contributed by atoms with E-state index in [1.165, 1.54) is 13.1 Å². The predicted octanol–water partition coefficient (Wildman–Crippen LogP) is 1.97. The van der Waals surface area contributed by atoms with Crippen molar-refractivity contribution >= 4 is 11.7 Å². The molecule has 2 heterocycles. The van der Waals surface area contributed by atoms with Crippen LogP contribution in [0.2, 0.25) is 0 Å². The second-order valence-electron chi connectivity index (χ2n) is 4.63. The van der Waals surface area contributed by atoms with Gasteiger partial charge in [0.15, 0.2) is 0 Å². The summed E-state index contributed by atoms with van der Waals surface area (Å²) in [5.74, 6) is 0.234. The lowest BCUT2D eigenvalue weighted by Crippen LogP contribution is -2.39. The Morgan fingerprint density at radius 1 is 1.57 bits per heavy atom. The number of aromatic nitrogens is 1. The second kappa shape index (κ2) is 6.13. The highest BCUT2D eigenvalue weighted by atomic mass is 19.4. The fourth-order valence-corrected chi connectivity index (χ4v) is 1.85. The molecule has 0 aliphatic carbocycles. The highest BCUT2D eigenvalue weighted by Crippen LogP contribution is 2.21. The molecule has 1 aliphatic heterocycles. The van der Waals surface area contributed by atoms with Crippen molar-refractivity contribution in [2.75, 3.05) is 11.9 Å². The second-order valence-corrected chi connectivity index (χ2v) is 4.63. The molecule has 5 nitrogen and oxygen atoms in total. The summed E-state index contributed by atoms with van der Waals surface area (Å²) < 4.78 is 39.4. The number of fused-ring (bicyclic) bond motifs is 1. The first kappa shape index (κ1) is 15.3. The fraction of sp³-hybridized carbons (Fsp3) is 0.385. The lowest BCUT2D eigenvalue weighted by atomic mass is 10.0. The molecule has 114 valence electrons. The van der Waals surface area contributed by atoms with Gasteiger partial charge in [-0.25, -0.2) is 4.98 Å². The zero-order valence-corrected chi connectivity index (χ0v) is 11.2. The topological polar surface area (TPSA) is 63.2 Å². The van der Waals surface area contributed by atoms with E-state index < -0.39 is 24.9 Å². The standard InChI is InChI=1S/C13H14F3N3O2/c1-8(7-21-13(14,15)16)19-12(20)10-5-9-3-2-4-17-11(9)18-6-10/h2-4,6,8H,5,7H2,1H3,(H,17,18)(H,19,20). The van der Waals surface area contributed by atoms with Gasteiger partial charge in [-0.1, -0.05) is 6.07 Å². The number of hydrogen-bond acceptors (Lipinski definition) is 4. The van der Waals surface area contributed by atoms with Gasteiger partial charge < -0.3 is 10.6 Å². The van der Waals surface area contributed by atoms with Crippen LogP contribution in [0.3, 0.4) is 0 Å². The summed E-state index contributed by atoms with van der Waals surface area (Å²) in [6.45, 7) is 0.810. The molecule has 1 aromatic rings. The Morgan fingerprint density at radius 3 is 3.05 bits per heavy atom. The van der Waals surface area contributed by atoms with Crippen LogP contribution in [0.5, 0.6) is 0 Å². The van der Waals surface area contributed by atoms with Crippen LogP contribution < -0.4 is 10.6 Å². The van der Waals surface area contributed by atoms with Crippen molar-refractivity contribution in [1.29, 1.82) is 0 Å². The Morgan fingerprint density at radius 2 is 2.33 bits per heavy atom. The van der Waals surface area contributed by atoms with Crippen molar-refractivity contribution in [3.8, 4) is 0 Å². The maximum atomic E-state index is 12.0. The minimum atomic E-state index is -4.70. The van der Waals surface area contributed by atoms with E-state index in [0.29, 0.717) is 17.8 Å². The van der Waals surface area contributed by atoms with Crippen molar-refractivity contribution in [1.82, 2.24) is 10.3 Å². The molecule has 1 aliphatic rings. The van der Waals surface area contributed by atoms with Crippen LogP contribution in [0.4, 0.5) is 19.0 Å². The van der Waals surface area contributed by atoms with Gasteiger partial charge >= 0.3 is 6.36 Å². The number of ether oxygens (including phenoxy) is 1. The summed E-state index contributed by atoms with van der Waals surface area (Å²) in [6.07, 6.45) is -1.20. The van der Waals surface area contributed by atoms with E-state index in [-0.39, 0.29) is 0 Å². The SMILES string of the molecule is CC(COC(F)(F)F)NC(=O)C1=CNc2ncccc2C1. The van der Waals surface area contributed by atoms with E-state index in [1.54, 1.807) is 12.3 Å². The van der Waals surface area contributed by atoms with Crippen LogP contribution in [0.15, 0.2) is 30.1 Å². The van der Waals surface area contributed by atoms with Crippen LogP contribution >= 0.6 is 0 Å². The molecule has 8 heteroatoms. The van der Waals surface area contributed by atoms with Crippen LogP contribution in [0.1, 0.15) is 12.5 Å². The van der Waals surface area contributed by atoms with Crippen LogP contribution in [-0.4, -0.2) is 29.9 Å². The molecule has 0 saturated carbocycles. The Balaban J connectivity index is 1.89. The quantitative estimate of drug-likeness (QED) is 0.892. The number of carbonyl (C=O) groups is 1. The molecule has 0 spiro atoms. The maximum absolute atomic E-state index is 12.0. The lowest BCUT2D eigenvalue weighted by Gasteiger charge is -2.19. The van der Waals surface area contributed by atoms with Gasteiger partial charge in [0.2, 0.25) is 5.91 Å². The molecule has 0 aromatic carbocycles. The van der Waals surface area contributed by atoms with E-state index in [9.17, 15) is 18.0 Å². The van der Waals surface area contributed by atoms with Crippen molar-refractivity contribution in [3.05, 3.63) is 35.7 Å². The van der Waals surface area contributed by atoms with Crippen molar-refractivity contribution in [2.24, 2.45) is 0 Å². The van der Waals surface area contributed by atoms with Crippen molar-refractivity contribution in [3.63, 3.8) is 0 Å². The zero-order chi connectivity index (χ0) is 15.5. The highest BCUT2D eigenvalue weighted by Gasteiger charge is 2.30. The average molecular weight is 301 g/mol. The number of nitrogens with one attached hydrogen (secondary N) is 2. The van der Waals surface area contributed by atoms with Crippen molar-refractivity contribution < 1.29 is 22.7 Å². The number of halogens is 3. The molecule has 1 aromatic heterocycles. The van der Waals surface area contributed by atoms with Gasteiger partial charge in [0.25, 0.3) is 0 Å². The third-order valence-corrected chi connectivity index (χ3v) is 2.82. The summed E-state index contributed by atoms with van der Waals surface area (Å²) in [4.78, 5) is 16.1. The van der Waals surface area contributed by atoms with Crippen molar-refractivity contribution in [2.45, 2.75) is 25.7 Å². The molecule has 1 atom stereocenters. The number of carbonyl (C=O) groups excluding carboxylic acids is 1. The summed E-state index contributed by atoms with van der Waals surface area (Å²) in [5.41, 5.74) is 1.28. The normalized spacial score (nSPS) is 15.5. The van der Waals surface area contributed by atoms with E-state index in [2.05, 4.69) is 20.4 Å². The molecular weight excluding hydrogens is 287 g/mol. The number of pyridine rings is 1. The molecule has 21 heavy (non-hydrogen) atoms. The molecule has 0 bridgehead atoms. The number of nitrogens with zero attached hydrogens (tertiary/aromatic N) is 1. The molecule has 2 rings (SSSR count). The van der Waals surface area contributed by atoms with Crippen LogP contribution in [-0.2, 0) is 16.0 Å². The van der Waals surface area contributed by atoms with E-state index in [1.807, 2.05) is 6.07 Å². The van der Waals surface area contributed by atoms with Gasteiger partial charge in [-0.2, -0.15) is 0 Å². The van der Waals surface area contributed by atoms with Gasteiger partial charge in [-0.3, -0.25) is 9.53 Å². The largest absolute Gasteiger partial charge is 0.522 e. The van der Waals surface area contributed by atoms with Crippen LogP contribution in [0.25, 0.3) is 0 Å². The first-order valence-corrected chi connectivity index (χ1v) is 6.26. The molecule has 2 N–H and O–H groups in total. The zero-order valence-electron chi connectivity index (χ0n) is 11.2. The van der Waals surface area contributed by atoms with E-state index >= 15 is 0 Å². The molecule has 1 unspecified atom stereocenters. The number of amides is 1. The Hall–Kier alpha value is -2.09. The molecule has 0 radical (unpaired) electrons. The average Bonchev–Trinajstić information content (AvgIpc) is 2.44. The van der Waals surface area contributed by atoms with Gasteiger partial charge in [0, 0.05) is 24.4 Å². The third-order valence-electron chi connectivity index (χ3n) is 2.82. The first-order valence-electron chi connectivity index (χ1n) is 6.26. The summed E-state index contributed by atoms with van der Waals surface area (Å²) >= 11 is 0. The first-order chi connectivity index (χ1) is 9.85. The highest BCUT2D eigenvalue weighted by molar-refractivity contribution is 5.95. The Kier molecular flexibility index (Phi) is 4.46. The smallest absolute Gasteiger partial charge is 0.347 e. The molecular formula is C13H14F3N3O2. The minimum absolute atomic E-state index is 0.370. The van der Waals surface area contributed by atoms with Crippen LogP contribution in [0, 0.1) is 0 Å². The summed E-state index contributed by atoms with van der Waals surface area (Å²) in [6, 6.07) is 2.82. The number of anilines is 1. The predicted molar refractivity (Wildman–Crippen MR) is 69.3 cm³/mol. The van der Waals surface area contributed by atoms with E-state index in [4.69, 9.17) is 0 Å². The fourth-order valence-electron chi connectivity index (χ4n) is 1.85. The van der Waals surface area contributed by atoms with Gasteiger partial charge in [-0.05, 0) is 18.6 Å². The minimum Gasteiger partial charge on any atom is -0.347 e. The van der Waals surface area contributed by atoms with Gasteiger partial charge in [0.05, 0.1) is 12.6 Å². The summed E-state index contributed by atoms with van der Waals surface area (Å²) in [5, 5.41) is 5.34. The molecule has 0 fully saturated rings. The maximum Gasteiger partial charge on any atom is 0.522 e. The number of alkyl halides is 3. The summed E-state index contributed by atoms with van der Waals surface area (Å²) in [7, 11) is 0. The molecule has 1 amide bonds.